The Morgan fingerprint density at radius 1 is 1.04 bits per heavy atom. The van der Waals surface area contributed by atoms with Gasteiger partial charge in [-0.2, -0.15) is 4.39 Å². The monoisotopic (exact) mass is 333 g/mol. The minimum atomic E-state index is -0.386. The lowest BCUT2D eigenvalue weighted by atomic mass is 9.86. The van der Waals surface area contributed by atoms with Crippen LogP contribution in [0.5, 0.6) is 0 Å². The molecular formula is C23H24FN. The normalized spacial score (nSPS) is 21.5. The van der Waals surface area contributed by atoms with Crippen molar-refractivity contribution in [2.75, 3.05) is 0 Å². The lowest BCUT2D eigenvalue weighted by Gasteiger charge is -2.19. The second kappa shape index (κ2) is 6.95. The molecule has 2 aromatic carbocycles. The molecule has 0 aliphatic heterocycles. The first-order valence-corrected chi connectivity index (χ1v) is 9.30. The molecule has 1 fully saturated rings. The molecule has 0 spiro atoms. The Kier molecular flexibility index (Phi) is 4.52. The quantitative estimate of drug-likeness (QED) is 0.500. The third-order valence-electron chi connectivity index (χ3n) is 5.80. The number of hydrogen-bond acceptors (Lipinski definition) is 1. The van der Waals surface area contributed by atoms with Gasteiger partial charge in [-0.3, -0.25) is 0 Å². The highest BCUT2D eigenvalue weighted by atomic mass is 19.1. The van der Waals surface area contributed by atoms with E-state index in [1.807, 2.05) is 6.07 Å². The summed E-state index contributed by atoms with van der Waals surface area (Å²) in [7, 11) is 0. The van der Waals surface area contributed by atoms with Gasteiger partial charge in [-0.05, 0) is 71.4 Å². The average Bonchev–Trinajstić information content (AvgIpc) is 3.10. The van der Waals surface area contributed by atoms with Crippen LogP contribution in [0.2, 0.25) is 0 Å². The summed E-state index contributed by atoms with van der Waals surface area (Å²) >= 11 is 0. The summed E-state index contributed by atoms with van der Waals surface area (Å²) in [5.74, 6) is 1.45. The van der Waals surface area contributed by atoms with Gasteiger partial charge in [0.15, 0.2) is 0 Å². The van der Waals surface area contributed by atoms with Gasteiger partial charge in [-0.25, -0.2) is 4.98 Å². The summed E-state index contributed by atoms with van der Waals surface area (Å²) in [4.78, 5) is 3.82. The number of nitrogens with zero attached hydrogens (tertiary/aromatic N) is 1. The van der Waals surface area contributed by atoms with E-state index in [2.05, 4.69) is 54.4 Å². The smallest absolute Gasteiger partial charge is 0.212 e. The fraction of sp³-hybridized carbons (Fsp3) is 0.348. The molecule has 1 saturated carbocycles. The summed E-state index contributed by atoms with van der Waals surface area (Å²) in [5, 5.41) is 2.71. The largest absolute Gasteiger partial charge is 0.228 e. The van der Waals surface area contributed by atoms with Gasteiger partial charge in [0.2, 0.25) is 5.95 Å². The zero-order chi connectivity index (χ0) is 17.2. The first-order valence-electron chi connectivity index (χ1n) is 9.30. The molecule has 0 bridgehead atoms. The number of benzene rings is 2. The lowest BCUT2D eigenvalue weighted by molar-refractivity contribution is 0.455. The molecule has 1 nitrogen and oxygen atoms in total. The van der Waals surface area contributed by atoms with E-state index >= 15 is 0 Å². The van der Waals surface area contributed by atoms with Gasteiger partial charge in [-0.1, -0.05) is 55.5 Å². The molecule has 3 atom stereocenters. The molecule has 1 aliphatic carbocycles. The summed E-state index contributed by atoms with van der Waals surface area (Å²) < 4.78 is 13.0. The number of hydrogen-bond donors (Lipinski definition) is 0. The molecule has 1 aliphatic rings. The predicted octanol–water partition coefficient (Wildman–Crippen LogP) is 6.45. The Labute approximate surface area is 148 Å². The molecule has 1 heterocycles. The number of rotatable bonds is 4. The number of fused-ring (bicyclic) bond motifs is 1. The van der Waals surface area contributed by atoms with Gasteiger partial charge in [0, 0.05) is 6.20 Å². The van der Waals surface area contributed by atoms with Gasteiger partial charge in [0.25, 0.3) is 0 Å². The highest BCUT2D eigenvalue weighted by Gasteiger charge is 2.27. The van der Waals surface area contributed by atoms with E-state index < -0.39 is 0 Å². The molecule has 25 heavy (non-hydrogen) atoms. The van der Waals surface area contributed by atoms with Crippen LogP contribution >= 0.6 is 0 Å². The molecular weight excluding hydrogens is 309 g/mol. The minimum absolute atomic E-state index is 0.386. The maximum atomic E-state index is 13.0. The van der Waals surface area contributed by atoms with Crippen molar-refractivity contribution < 1.29 is 4.39 Å². The Morgan fingerprint density at radius 3 is 2.72 bits per heavy atom. The van der Waals surface area contributed by atoms with E-state index in [0.29, 0.717) is 11.8 Å². The molecule has 0 saturated heterocycles. The SMILES string of the molecule is C[C@@H](C[C@H]1CC[C@@H](c2ccc(F)nc2)C1)c1cccc2ccccc12. The van der Waals surface area contributed by atoms with Gasteiger partial charge in [0.05, 0.1) is 0 Å². The van der Waals surface area contributed by atoms with E-state index in [0.717, 1.165) is 5.92 Å². The molecule has 0 amide bonds. The molecule has 128 valence electrons. The van der Waals surface area contributed by atoms with Crippen LogP contribution in [0.4, 0.5) is 4.39 Å². The topological polar surface area (TPSA) is 12.9 Å². The van der Waals surface area contributed by atoms with E-state index in [1.165, 1.54) is 53.6 Å². The van der Waals surface area contributed by atoms with Crippen molar-refractivity contribution in [1.82, 2.24) is 4.98 Å². The average molecular weight is 333 g/mol. The van der Waals surface area contributed by atoms with Crippen LogP contribution in [0.15, 0.2) is 60.8 Å². The zero-order valence-corrected chi connectivity index (χ0v) is 14.7. The fourth-order valence-electron chi connectivity index (χ4n) is 4.53. The predicted molar refractivity (Wildman–Crippen MR) is 101 cm³/mol. The summed E-state index contributed by atoms with van der Waals surface area (Å²) in [5.41, 5.74) is 2.66. The van der Waals surface area contributed by atoms with Crippen molar-refractivity contribution in [1.29, 1.82) is 0 Å². The highest BCUT2D eigenvalue weighted by Crippen LogP contribution is 2.42. The number of halogens is 1. The van der Waals surface area contributed by atoms with Crippen molar-refractivity contribution in [3.63, 3.8) is 0 Å². The van der Waals surface area contributed by atoms with E-state index in [-0.39, 0.29) is 5.95 Å². The summed E-state index contributed by atoms with van der Waals surface area (Å²) in [6.07, 6.45) is 6.59. The maximum absolute atomic E-state index is 13.0. The Hall–Kier alpha value is -2.22. The molecule has 0 N–H and O–H groups in total. The van der Waals surface area contributed by atoms with Crippen molar-refractivity contribution in [2.45, 2.75) is 44.4 Å². The first-order chi connectivity index (χ1) is 12.2. The lowest BCUT2D eigenvalue weighted by Crippen LogP contribution is -2.03. The highest BCUT2D eigenvalue weighted by molar-refractivity contribution is 5.86. The third-order valence-corrected chi connectivity index (χ3v) is 5.80. The molecule has 4 rings (SSSR count). The van der Waals surface area contributed by atoms with Crippen LogP contribution in [0.3, 0.4) is 0 Å². The number of pyridine rings is 1. The molecule has 2 heteroatoms. The third kappa shape index (κ3) is 3.44. The van der Waals surface area contributed by atoms with Crippen molar-refractivity contribution in [2.24, 2.45) is 5.92 Å². The van der Waals surface area contributed by atoms with Crippen molar-refractivity contribution in [3.05, 3.63) is 77.9 Å². The van der Waals surface area contributed by atoms with Crippen LogP contribution in [0.1, 0.15) is 55.6 Å². The van der Waals surface area contributed by atoms with Crippen LogP contribution in [-0.2, 0) is 0 Å². The van der Waals surface area contributed by atoms with Gasteiger partial charge in [0.1, 0.15) is 0 Å². The zero-order valence-electron chi connectivity index (χ0n) is 14.7. The van der Waals surface area contributed by atoms with Gasteiger partial charge in [-0.15, -0.1) is 0 Å². The molecule has 3 aromatic rings. The second-order valence-electron chi connectivity index (χ2n) is 7.50. The van der Waals surface area contributed by atoms with Gasteiger partial charge < -0.3 is 0 Å². The van der Waals surface area contributed by atoms with Crippen molar-refractivity contribution in [3.8, 4) is 0 Å². The maximum Gasteiger partial charge on any atom is 0.212 e. The second-order valence-corrected chi connectivity index (χ2v) is 7.50. The van der Waals surface area contributed by atoms with Crippen LogP contribution in [0, 0.1) is 11.9 Å². The summed E-state index contributed by atoms with van der Waals surface area (Å²) in [6.45, 7) is 2.36. The van der Waals surface area contributed by atoms with Gasteiger partial charge >= 0.3 is 0 Å². The molecule has 0 unspecified atom stereocenters. The number of aromatic nitrogens is 1. The van der Waals surface area contributed by atoms with Crippen LogP contribution in [0.25, 0.3) is 10.8 Å². The van der Waals surface area contributed by atoms with E-state index in [9.17, 15) is 4.39 Å². The molecule has 1 aromatic heterocycles. The summed E-state index contributed by atoms with van der Waals surface area (Å²) in [6, 6.07) is 18.7. The Bertz CT molecular complexity index is 850. The first kappa shape index (κ1) is 16.3. The van der Waals surface area contributed by atoms with Crippen LogP contribution < -0.4 is 0 Å². The minimum Gasteiger partial charge on any atom is -0.228 e. The standard InChI is InChI=1S/C23H24FN/c1-16(21-8-4-6-18-5-2-3-7-22(18)21)13-17-9-10-19(14-17)20-11-12-23(24)25-15-20/h2-8,11-12,15-17,19H,9-10,13-14H2,1H3/t16-,17+,19+/m0/s1. The fourth-order valence-corrected chi connectivity index (χ4v) is 4.53. The Morgan fingerprint density at radius 2 is 1.88 bits per heavy atom. The van der Waals surface area contributed by atoms with Crippen LogP contribution in [-0.4, -0.2) is 4.98 Å². The molecule has 0 radical (unpaired) electrons. The van der Waals surface area contributed by atoms with Crippen molar-refractivity contribution >= 4 is 10.8 Å². The Balaban J connectivity index is 1.46. The van der Waals surface area contributed by atoms with E-state index in [4.69, 9.17) is 0 Å². The van der Waals surface area contributed by atoms with E-state index in [1.54, 1.807) is 6.20 Å².